The van der Waals surface area contributed by atoms with Gasteiger partial charge in [-0.25, -0.2) is 0 Å². The molecule has 84 valence electrons. The van der Waals surface area contributed by atoms with Gasteiger partial charge in [-0.3, -0.25) is 0 Å². The van der Waals surface area contributed by atoms with Crippen LogP contribution in [0.25, 0.3) is 0 Å². The fraction of sp³-hybridized carbons (Fsp3) is 0.455. The highest BCUT2D eigenvalue weighted by atomic mass is 79.9. The van der Waals surface area contributed by atoms with Crippen LogP contribution in [-0.2, 0) is 6.54 Å². The minimum absolute atomic E-state index is 0.744. The molecule has 0 aliphatic heterocycles. The number of alkyl halides is 1. The van der Waals surface area contributed by atoms with Gasteiger partial charge in [0, 0.05) is 22.5 Å². The van der Waals surface area contributed by atoms with Crippen LogP contribution >= 0.6 is 27.5 Å². The summed E-state index contributed by atoms with van der Waals surface area (Å²) in [6.07, 6.45) is 1.11. The summed E-state index contributed by atoms with van der Waals surface area (Å²) in [5, 5.41) is 5.10. The molecule has 0 heterocycles. The van der Waals surface area contributed by atoms with E-state index in [9.17, 15) is 0 Å². The van der Waals surface area contributed by atoms with Gasteiger partial charge in [0.15, 0.2) is 0 Å². The molecule has 0 atom stereocenters. The maximum atomic E-state index is 5.92. The largest absolute Gasteiger partial charge is 0.496 e. The van der Waals surface area contributed by atoms with Crippen molar-refractivity contribution in [3.05, 3.63) is 28.8 Å². The van der Waals surface area contributed by atoms with Gasteiger partial charge in [0.1, 0.15) is 5.75 Å². The van der Waals surface area contributed by atoms with Gasteiger partial charge in [0.2, 0.25) is 0 Å². The van der Waals surface area contributed by atoms with Crippen LogP contribution < -0.4 is 10.1 Å². The Morgan fingerprint density at radius 2 is 2.27 bits per heavy atom. The Balaban J connectivity index is 2.54. The Labute approximate surface area is 104 Å². The van der Waals surface area contributed by atoms with Crippen molar-refractivity contribution in [2.75, 3.05) is 19.0 Å². The van der Waals surface area contributed by atoms with E-state index >= 15 is 0 Å². The van der Waals surface area contributed by atoms with Crippen LogP contribution in [-0.4, -0.2) is 19.0 Å². The third kappa shape index (κ3) is 4.41. The maximum Gasteiger partial charge on any atom is 0.123 e. The molecule has 0 aliphatic rings. The molecule has 1 N–H and O–H groups in total. The third-order valence-electron chi connectivity index (χ3n) is 2.05. The molecule has 0 amide bonds. The molecule has 1 aromatic carbocycles. The number of hydrogen-bond acceptors (Lipinski definition) is 2. The van der Waals surface area contributed by atoms with E-state index in [1.807, 2.05) is 18.2 Å². The van der Waals surface area contributed by atoms with Crippen LogP contribution in [0.3, 0.4) is 0 Å². The van der Waals surface area contributed by atoms with Gasteiger partial charge in [0.25, 0.3) is 0 Å². The molecule has 1 rings (SSSR count). The van der Waals surface area contributed by atoms with E-state index < -0.39 is 0 Å². The lowest BCUT2D eigenvalue weighted by Crippen LogP contribution is -2.15. The standard InChI is InChI=1S/C11H15BrClNO/c1-15-11-4-3-10(13)7-9(11)8-14-6-2-5-12/h3-4,7,14H,2,5-6,8H2,1H3. The summed E-state index contributed by atoms with van der Waals surface area (Å²) in [5.41, 5.74) is 1.10. The average Bonchev–Trinajstić information content (AvgIpc) is 2.25. The smallest absolute Gasteiger partial charge is 0.123 e. The molecule has 1 aromatic rings. The second-order valence-electron chi connectivity index (χ2n) is 3.18. The molecule has 0 saturated carbocycles. The molecular formula is C11H15BrClNO. The van der Waals surface area contributed by atoms with Crippen molar-refractivity contribution < 1.29 is 4.74 Å². The highest BCUT2D eigenvalue weighted by Crippen LogP contribution is 2.22. The molecule has 0 spiro atoms. The van der Waals surface area contributed by atoms with E-state index in [0.29, 0.717) is 0 Å². The third-order valence-corrected chi connectivity index (χ3v) is 2.84. The van der Waals surface area contributed by atoms with E-state index in [0.717, 1.165) is 41.2 Å². The van der Waals surface area contributed by atoms with Crippen molar-refractivity contribution in [3.63, 3.8) is 0 Å². The first-order valence-electron chi connectivity index (χ1n) is 4.87. The molecular weight excluding hydrogens is 277 g/mol. The van der Waals surface area contributed by atoms with Crippen molar-refractivity contribution in [2.24, 2.45) is 0 Å². The normalized spacial score (nSPS) is 10.3. The van der Waals surface area contributed by atoms with Gasteiger partial charge in [0.05, 0.1) is 7.11 Å². The summed E-state index contributed by atoms with van der Waals surface area (Å²) < 4.78 is 5.25. The first-order valence-corrected chi connectivity index (χ1v) is 6.37. The molecule has 0 unspecified atom stereocenters. The van der Waals surface area contributed by atoms with Gasteiger partial charge in [-0.05, 0) is 31.2 Å². The number of hydrogen-bond donors (Lipinski definition) is 1. The molecule has 15 heavy (non-hydrogen) atoms. The van der Waals surface area contributed by atoms with Crippen molar-refractivity contribution in [1.82, 2.24) is 5.32 Å². The molecule has 0 saturated heterocycles. The van der Waals surface area contributed by atoms with Crippen LogP contribution in [0, 0.1) is 0 Å². The van der Waals surface area contributed by atoms with Crippen molar-refractivity contribution in [3.8, 4) is 5.75 Å². The van der Waals surface area contributed by atoms with Crippen molar-refractivity contribution in [2.45, 2.75) is 13.0 Å². The Morgan fingerprint density at radius 3 is 2.93 bits per heavy atom. The SMILES string of the molecule is COc1ccc(Cl)cc1CNCCCBr. The zero-order chi connectivity index (χ0) is 11.1. The number of benzene rings is 1. The van der Waals surface area contributed by atoms with Crippen LogP contribution in [0.1, 0.15) is 12.0 Å². The minimum atomic E-state index is 0.744. The first kappa shape index (κ1) is 12.8. The summed E-state index contributed by atoms with van der Waals surface area (Å²) in [7, 11) is 1.67. The Morgan fingerprint density at radius 1 is 1.47 bits per heavy atom. The first-order chi connectivity index (χ1) is 7.27. The zero-order valence-corrected chi connectivity index (χ0v) is 11.1. The molecule has 4 heteroatoms. The van der Waals surface area contributed by atoms with E-state index in [1.165, 1.54) is 0 Å². The van der Waals surface area contributed by atoms with Gasteiger partial charge < -0.3 is 10.1 Å². The van der Waals surface area contributed by atoms with Crippen molar-refractivity contribution >= 4 is 27.5 Å². The number of rotatable bonds is 6. The van der Waals surface area contributed by atoms with Gasteiger partial charge in [-0.1, -0.05) is 27.5 Å². The van der Waals surface area contributed by atoms with Gasteiger partial charge >= 0.3 is 0 Å². The maximum absolute atomic E-state index is 5.92. The lowest BCUT2D eigenvalue weighted by molar-refractivity contribution is 0.408. The summed E-state index contributed by atoms with van der Waals surface area (Å²) in [6.45, 7) is 1.78. The Kier molecular flexibility index (Phi) is 6.06. The predicted molar refractivity (Wildman–Crippen MR) is 68.1 cm³/mol. The monoisotopic (exact) mass is 291 g/mol. The minimum Gasteiger partial charge on any atom is -0.496 e. The summed E-state index contributed by atoms with van der Waals surface area (Å²) in [6, 6.07) is 5.66. The highest BCUT2D eigenvalue weighted by Gasteiger charge is 2.02. The average molecular weight is 293 g/mol. The summed E-state index contributed by atoms with van der Waals surface area (Å²) >= 11 is 9.31. The van der Waals surface area contributed by atoms with Crippen LogP contribution in [0.5, 0.6) is 5.75 Å². The van der Waals surface area contributed by atoms with Gasteiger partial charge in [-0.15, -0.1) is 0 Å². The van der Waals surface area contributed by atoms with Crippen molar-refractivity contribution in [1.29, 1.82) is 0 Å². The number of ether oxygens (including phenoxy) is 1. The highest BCUT2D eigenvalue weighted by molar-refractivity contribution is 9.09. The fourth-order valence-electron chi connectivity index (χ4n) is 1.30. The lowest BCUT2D eigenvalue weighted by Gasteiger charge is -2.09. The van der Waals surface area contributed by atoms with E-state index in [-0.39, 0.29) is 0 Å². The Hall–Kier alpha value is -0.250. The second-order valence-corrected chi connectivity index (χ2v) is 4.40. The van der Waals surface area contributed by atoms with Crippen LogP contribution in [0.15, 0.2) is 18.2 Å². The molecule has 0 aliphatic carbocycles. The number of nitrogens with one attached hydrogen (secondary N) is 1. The summed E-state index contributed by atoms with van der Waals surface area (Å²) in [4.78, 5) is 0. The van der Waals surface area contributed by atoms with E-state index in [1.54, 1.807) is 7.11 Å². The quantitative estimate of drug-likeness (QED) is 0.642. The van der Waals surface area contributed by atoms with Crippen LogP contribution in [0.2, 0.25) is 5.02 Å². The predicted octanol–water partition coefficient (Wildman–Crippen LogP) is 3.22. The van der Waals surface area contributed by atoms with Gasteiger partial charge in [-0.2, -0.15) is 0 Å². The van der Waals surface area contributed by atoms with Crippen LogP contribution in [0.4, 0.5) is 0 Å². The topological polar surface area (TPSA) is 21.3 Å². The molecule has 0 bridgehead atoms. The fourth-order valence-corrected chi connectivity index (χ4v) is 1.78. The van der Waals surface area contributed by atoms with E-state index in [4.69, 9.17) is 16.3 Å². The lowest BCUT2D eigenvalue weighted by atomic mass is 10.2. The zero-order valence-electron chi connectivity index (χ0n) is 8.72. The Bertz CT molecular complexity index is 307. The molecule has 0 radical (unpaired) electrons. The van der Waals surface area contributed by atoms with E-state index in [2.05, 4.69) is 21.2 Å². The molecule has 0 fully saturated rings. The molecule has 0 aromatic heterocycles. The second kappa shape index (κ2) is 7.09. The molecule has 2 nitrogen and oxygen atoms in total. The number of halogens is 2. The number of methoxy groups -OCH3 is 1. The summed E-state index contributed by atoms with van der Waals surface area (Å²) in [5.74, 6) is 0.880.